The van der Waals surface area contributed by atoms with Crippen molar-refractivity contribution < 1.29 is 28.5 Å². The summed E-state index contributed by atoms with van der Waals surface area (Å²) in [5.74, 6) is 1.06. The number of carbonyl (C=O) groups is 2. The summed E-state index contributed by atoms with van der Waals surface area (Å²) >= 11 is 6.09. The van der Waals surface area contributed by atoms with E-state index < -0.39 is 12.1 Å². The molecule has 0 saturated carbocycles. The monoisotopic (exact) mass is 494 g/mol. The van der Waals surface area contributed by atoms with Crippen LogP contribution in [0.25, 0.3) is 0 Å². The van der Waals surface area contributed by atoms with Gasteiger partial charge in [-0.05, 0) is 54.6 Å². The maximum Gasteiger partial charge on any atom is 0.304 e. The molecule has 3 aromatic carbocycles. The summed E-state index contributed by atoms with van der Waals surface area (Å²) in [5, 5.41) is 3.44. The Morgan fingerprint density at radius 3 is 2.26 bits per heavy atom. The molecule has 0 unspecified atom stereocenters. The highest BCUT2D eigenvalue weighted by Crippen LogP contribution is 2.29. The minimum Gasteiger partial charge on any atom is -0.497 e. The molecule has 0 radical (unpaired) electrons. The Morgan fingerprint density at radius 2 is 1.63 bits per heavy atom. The Hall–Kier alpha value is -4.04. The zero-order valence-corrected chi connectivity index (χ0v) is 20.2. The lowest BCUT2D eigenvalue weighted by Gasteiger charge is -2.15. The van der Waals surface area contributed by atoms with E-state index in [2.05, 4.69) is 10.7 Å². The van der Waals surface area contributed by atoms with Crippen LogP contribution in [-0.4, -0.2) is 50.1 Å². The number of methoxy groups -OCH3 is 3. The molecule has 1 aliphatic heterocycles. The van der Waals surface area contributed by atoms with E-state index in [1.54, 1.807) is 80.8 Å². The van der Waals surface area contributed by atoms with Crippen molar-refractivity contribution >= 4 is 29.6 Å². The predicted octanol–water partition coefficient (Wildman–Crippen LogP) is 3.38. The first-order valence-corrected chi connectivity index (χ1v) is 11.2. The van der Waals surface area contributed by atoms with Crippen molar-refractivity contribution in [3.8, 4) is 17.2 Å². The molecule has 9 heteroatoms. The first-order chi connectivity index (χ1) is 16.9. The topological polar surface area (TPSA) is 88.9 Å². The van der Waals surface area contributed by atoms with Crippen molar-refractivity contribution in [3.05, 3.63) is 88.4 Å². The number of ether oxygens (including phenoxy) is 3. The van der Waals surface area contributed by atoms with E-state index in [0.717, 1.165) is 11.1 Å². The van der Waals surface area contributed by atoms with Gasteiger partial charge in [0, 0.05) is 21.7 Å². The Balaban J connectivity index is 1.69. The van der Waals surface area contributed by atoms with E-state index in [1.165, 1.54) is 0 Å². The summed E-state index contributed by atoms with van der Waals surface area (Å²) in [5.41, 5.74) is 4.83. The van der Waals surface area contributed by atoms with Gasteiger partial charge in [0.2, 0.25) is 12.3 Å². The zero-order valence-electron chi connectivity index (χ0n) is 19.4. The second-order valence-corrected chi connectivity index (χ2v) is 8.24. The molecule has 1 saturated heterocycles. The number of nitrogens with one attached hydrogen (secondary N) is 2. The van der Waals surface area contributed by atoms with Crippen molar-refractivity contribution in [1.82, 2.24) is 10.7 Å². The van der Waals surface area contributed by atoms with Crippen molar-refractivity contribution in [2.75, 3.05) is 21.3 Å². The van der Waals surface area contributed by atoms with Crippen LogP contribution in [0.1, 0.15) is 27.5 Å². The van der Waals surface area contributed by atoms with Crippen LogP contribution in [0.3, 0.4) is 0 Å². The van der Waals surface area contributed by atoms with Crippen LogP contribution in [0, 0.1) is 0 Å². The number of amides is 2. The van der Waals surface area contributed by atoms with Crippen LogP contribution < -0.4 is 25.0 Å². The van der Waals surface area contributed by atoms with Gasteiger partial charge in [-0.25, -0.2) is 0 Å². The molecule has 0 aliphatic carbocycles. The van der Waals surface area contributed by atoms with Gasteiger partial charge in [0.05, 0.1) is 21.3 Å². The quantitative estimate of drug-likeness (QED) is 0.492. The lowest BCUT2D eigenvalue weighted by Crippen LogP contribution is -2.42. The Kier molecular flexibility index (Phi) is 7.22. The van der Waals surface area contributed by atoms with Crippen molar-refractivity contribution in [1.29, 1.82) is 0 Å². The van der Waals surface area contributed by atoms with Gasteiger partial charge in [0.25, 0.3) is 5.91 Å². The van der Waals surface area contributed by atoms with E-state index in [1.807, 2.05) is 18.2 Å². The zero-order chi connectivity index (χ0) is 24.9. The Morgan fingerprint density at radius 1 is 0.943 bits per heavy atom. The predicted molar refractivity (Wildman–Crippen MR) is 132 cm³/mol. The fourth-order valence-corrected chi connectivity index (χ4v) is 4.03. The molecular weight excluding hydrogens is 470 g/mol. The fourth-order valence-electron chi connectivity index (χ4n) is 3.90. The highest BCUT2D eigenvalue weighted by atomic mass is 35.5. The number of rotatable bonds is 7. The highest BCUT2D eigenvalue weighted by Gasteiger charge is 2.47. The standard InChI is InChI=1S/C26H24ClN3O5/c1-33-20-11-7-18(8-12-20)25(31)28-23-24(17-5-9-19(27)10-6-17)30(29-26(23)32)15-16-4-13-21(34-2)22(14-16)35-3/h4-15,23-24H,1-3H3,(H-,28,29,31,32)/p+1/b30-15-/t23-,24-/m1/s1. The number of benzene rings is 3. The average molecular weight is 495 g/mol. The lowest BCUT2D eigenvalue weighted by atomic mass is 9.99. The minimum atomic E-state index is -0.859. The maximum absolute atomic E-state index is 13.0. The van der Waals surface area contributed by atoms with Gasteiger partial charge in [0.1, 0.15) is 5.75 Å². The number of nitrogens with zero attached hydrogens (tertiary/aromatic N) is 1. The van der Waals surface area contributed by atoms with Gasteiger partial charge < -0.3 is 19.5 Å². The van der Waals surface area contributed by atoms with Crippen LogP contribution in [0.15, 0.2) is 66.7 Å². The third kappa shape index (κ3) is 5.22. The van der Waals surface area contributed by atoms with Gasteiger partial charge in [-0.1, -0.05) is 23.7 Å². The third-order valence-corrected chi connectivity index (χ3v) is 5.94. The molecule has 2 atom stereocenters. The van der Waals surface area contributed by atoms with Gasteiger partial charge >= 0.3 is 5.91 Å². The molecule has 35 heavy (non-hydrogen) atoms. The molecular formula is C26H25ClN3O5+. The lowest BCUT2D eigenvalue weighted by molar-refractivity contribution is -0.596. The summed E-state index contributed by atoms with van der Waals surface area (Å²) in [6, 6.07) is 17.9. The third-order valence-electron chi connectivity index (χ3n) is 5.68. The second kappa shape index (κ2) is 10.5. The van der Waals surface area contributed by atoms with E-state index in [4.69, 9.17) is 25.8 Å². The number of carbonyl (C=O) groups excluding carboxylic acids is 2. The van der Waals surface area contributed by atoms with Crippen LogP contribution in [0.5, 0.6) is 17.2 Å². The molecule has 0 spiro atoms. The Labute approximate surface area is 208 Å². The van der Waals surface area contributed by atoms with E-state index in [9.17, 15) is 9.59 Å². The van der Waals surface area contributed by atoms with E-state index in [0.29, 0.717) is 27.8 Å². The van der Waals surface area contributed by atoms with Crippen LogP contribution in [-0.2, 0) is 4.79 Å². The molecule has 1 heterocycles. The van der Waals surface area contributed by atoms with Gasteiger partial charge in [0.15, 0.2) is 17.5 Å². The number of hydrogen-bond donors (Lipinski definition) is 2. The van der Waals surface area contributed by atoms with Crippen molar-refractivity contribution in [2.24, 2.45) is 0 Å². The second-order valence-electron chi connectivity index (χ2n) is 7.80. The normalized spacial score (nSPS) is 18.2. The van der Waals surface area contributed by atoms with E-state index in [-0.39, 0.29) is 11.8 Å². The molecule has 2 N–H and O–H groups in total. The molecule has 1 fully saturated rings. The van der Waals surface area contributed by atoms with Crippen LogP contribution in [0.4, 0.5) is 0 Å². The molecule has 4 rings (SSSR count). The first kappa shape index (κ1) is 24.1. The fraction of sp³-hybridized carbons (Fsp3) is 0.192. The highest BCUT2D eigenvalue weighted by molar-refractivity contribution is 6.30. The van der Waals surface area contributed by atoms with Gasteiger partial charge in [-0.3, -0.25) is 9.59 Å². The molecule has 2 amide bonds. The molecule has 8 nitrogen and oxygen atoms in total. The molecule has 3 aromatic rings. The molecule has 1 aliphatic rings. The average Bonchev–Trinajstić information content (AvgIpc) is 3.18. The smallest absolute Gasteiger partial charge is 0.304 e. The number of hydrogen-bond acceptors (Lipinski definition) is 5. The number of hydrazine groups is 1. The maximum atomic E-state index is 13.0. The van der Waals surface area contributed by atoms with Crippen molar-refractivity contribution in [3.63, 3.8) is 0 Å². The molecule has 0 aromatic heterocycles. The van der Waals surface area contributed by atoms with Gasteiger partial charge in [-0.15, -0.1) is 10.1 Å². The van der Waals surface area contributed by atoms with Gasteiger partial charge in [-0.2, -0.15) is 0 Å². The molecule has 180 valence electrons. The number of halogens is 1. The summed E-state index contributed by atoms with van der Waals surface area (Å²) < 4.78 is 17.5. The summed E-state index contributed by atoms with van der Waals surface area (Å²) in [6.45, 7) is 0. The number of hydrazone groups is 1. The van der Waals surface area contributed by atoms with Crippen molar-refractivity contribution in [2.45, 2.75) is 12.1 Å². The summed E-state index contributed by atoms with van der Waals surface area (Å²) in [4.78, 5) is 26.0. The van der Waals surface area contributed by atoms with Crippen LogP contribution >= 0.6 is 11.6 Å². The Bertz CT molecular complexity index is 1260. The largest absolute Gasteiger partial charge is 0.497 e. The van der Waals surface area contributed by atoms with E-state index >= 15 is 0 Å². The van der Waals surface area contributed by atoms with Crippen LogP contribution in [0.2, 0.25) is 5.02 Å². The summed E-state index contributed by atoms with van der Waals surface area (Å²) in [6.07, 6.45) is 1.78. The summed E-state index contributed by atoms with van der Waals surface area (Å²) in [7, 11) is 4.67. The SMILES string of the molecule is COc1ccc(C(=O)N[C@H]2C(=O)N/[N+](=C\c3ccc(OC)c(OC)c3)[C@@H]2c2ccc(Cl)cc2)cc1. The first-order valence-electron chi connectivity index (χ1n) is 10.8. The minimum absolute atomic E-state index is 0.344. The molecule has 0 bridgehead atoms.